The second-order valence-corrected chi connectivity index (χ2v) is 4.13. The Morgan fingerprint density at radius 2 is 2.35 bits per heavy atom. The van der Waals surface area contributed by atoms with E-state index in [0.717, 1.165) is 5.56 Å². The van der Waals surface area contributed by atoms with Crippen molar-refractivity contribution in [2.24, 2.45) is 5.73 Å². The summed E-state index contributed by atoms with van der Waals surface area (Å²) in [7, 11) is 0. The third-order valence-corrected chi connectivity index (χ3v) is 2.97. The summed E-state index contributed by atoms with van der Waals surface area (Å²) in [5.74, 6) is -1.21. The molecule has 3 N–H and O–H groups in total. The molecule has 0 saturated heterocycles. The molecular formula is C11H12ClNO4. The first-order valence-corrected chi connectivity index (χ1v) is 5.47. The zero-order valence-electron chi connectivity index (χ0n) is 8.98. The van der Waals surface area contributed by atoms with E-state index in [9.17, 15) is 4.79 Å². The molecule has 2 rings (SSSR count). The molecule has 0 bridgehead atoms. The van der Waals surface area contributed by atoms with Crippen molar-refractivity contribution in [3.05, 3.63) is 28.3 Å². The molecule has 0 aromatic heterocycles. The second-order valence-electron chi connectivity index (χ2n) is 3.72. The van der Waals surface area contributed by atoms with Crippen LogP contribution in [0.1, 0.15) is 17.0 Å². The van der Waals surface area contributed by atoms with Gasteiger partial charge in [-0.15, -0.1) is 0 Å². The third-order valence-electron chi connectivity index (χ3n) is 2.64. The van der Waals surface area contributed by atoms with E-state index in [1.54, 1.807) is 12.1 Å². The summed E-state index contributed by atoms with van der Waals surface area (Å²) >= 11 is 6.05. The standard InChI is InChI=1S/C11H12ClNO4/c12-9-1-6-4-16-5-17-10(6)2-7(9)8(3-13)11(14)15/h1-2,8H,3-5,13H2,(H,14,15). The number of ether oxygens (including phenoxy) is 2. The van der Waals surface area contributed by atoms with Crippen LogP contribution in [-0.2, 0) is 16.1 Å². The van der Waals surface area contributed by atoms with E-state index in [1.165, 1.54) is 0 Å². The third kappa shape index (κ3) is 2.36. The number of halogens is 1. The lowest BCUT2D eigenvalue weighted by molar-refractivity contribution is -0.138. The molecule has 1 atom stereocenters. The van der Waals surface area contributed by atoms with Gasteiger partial charge in [-0.3, -0.25) is 4.79 Å². The molecule has 0 fully saturated rings. The number of carboxylic acid groups (broad SMARTS) is 1. The highest BCUT2D eigenvalue weighted by Crippen LogP contribution is 2.33. The molecule has 1 aromatic rings. The van der Waals surface area contributed by atoms with Crippen LogP contribution in [0.4, 0.5) is 0 Å². The number of aliphatic carboxylic acids is 1. The molecule has 1 aliphatic rings. The zero-order valence-corrected chi connectivity index (χ0v) is 9.74. The number of hydrogen-bond donors (Lipinski definition) is 2. The van der Waals surface area contributed by atoms with Crippen LogP contribution in [0, 0.1) is 0 Å². The predicted molar refractivity (Wildman–Crippen MR) is 61.2 cm³/mol. The Balaban J connectivity index is 2.43. The Morgan fingerprint density at radius 3 is 3.00 bits per heavy atom. The summed E-state index contributed by atoms with van der Waals surface area (Å²) in [6, 6.07) is 3.29. The summed E-state index contributed by atoms with van der Waals surface area (Å²) < 4.78 is 10.4. The van der Waals surface area contributed by atoms with Gasteiger partial charge in [0.15, 0.2) is 6.79 Å². The summed E-state index contributed by atoms with van der Waals surface area (Å²) in [6.07, 6.45) is 0. The molecule has 6 heteroatoms. The van der Waals surface area contributed by atoms with Crippen molar-refractivity contribution in [2.75, 3.05) is 13.3 Å². The largest absolute Gasteiger partial charge is 0.481 e. The van der Waals surface area contributed by atoms with E-state index in [0.29, 0.717) is 22.9 Å². The SMILES string of the molecule is NCC(C(=O)O)c1cc2c(cc1Cl)COCO2. The van der Waals surface area contributed by atoms with Crippen molar-refractivity contribution < 1.29 is 19.4 Å². The van der Waals surface area contributed by atoms with E-state index in [1.807, 2.05) is 0 Å². The van der Waals surface area contributed by atoms with Crippen LogP contribution in [0.15, 0.2) is 12.1 Å². The van der Waals surface area contributed by atoms with Gasteiger partial charge >= 0.3 is 5.97 Å². The van der Waals surface area contributed by atoms with Gasteiger partial charge < -0.3 is 20.3 Å². The molecule has 0 saturated carbocycles. The fourth-order valence-corrected chi connectivity index (χ4v) is 2.06. The van der Waals surface area contributed by atoms with E-state index < -0.39 is 11.9 Å². The maximum absolute atomic E-state index is 11.0. The number of hydrogen-bond acceptors (Lipinski definition) is 4. The van der Waals surface area contributed by atoms with Gasteiger partial charge in [-0.2, -0.15) is 0 Å². The number of nitrogens with two attached hydrogens (primary N) is 1. The topological polar surface area (TPSA) is 81.8 Å². The first-order chi connectivity index (χ1) is 8.13. The average Bonchev–Trinajstić information content (AvgIpc) is 2.30. The summed E-state index contributed by atoms with van der Waals surface area (Å²) in [4.78, 5) is 11.0. The molecule has 1 unspecified atom stereocenters. The first-order valence-electron chi connectivity index (χ1n) is 5.09. The normalized spacial score (nSPS) is 15.9. The number of rotatable bonds is 3. The molecule has 17 heavy (non-hydrogen) atoms. The lowest BCUT2D eigenvalue weighted by Crippen LogP contribution is -2.22. The van der Waals surface area contributed by atoms with Crippen LogP contribution in [0.25, 0.3) is 0 Å². The predicted octanol–water partition coefficient (Wildman–Crippen LogP) is 1.33. The average molecular weight is 258 g/mol. The zero-order chi connectivity index (χ0) is 12.4. The Bertz CT molecular complexity index is 449. The van der Waals surface area contributed by atoms with Crippen molar-refractivity contribution in [3.8, 4) is 5.75 Å². The highest BCUT2D eigenvalue weighted by atomic mass is 35.5. The molecular weight excluding hydrogens is 246 g/mol. The number of fused-ring (bicyclic) bond motifs is 1. The number of carbonyl (C=O) groups is 1. The van der Waals surface area contributed by atoms with Crippen LogP contribution in [0.3, 0.4) is 0 Å². The molecule has 1 heterocycles. The molecule has 1 aliphatic heterocycles. The quantitative estimate of drug-likeness (QED) is 0.854. The van der Waals surface area contributed by atoms with E-state index in [2.05, 4.69) is 0 Å². The maximum Gasteiger partial charge on any atom is 0.312 e. The molecule has 0 spiro atoms. The van der Waals surface area contributed by atoms with Crippen molar-refractivity contribution >= 4 is 17.6 Å². The Kier molecular flexibility index (Phi) is 3.51. The highest BCUT2D eigenvalue weighted by molar-refractivity contribution is 6.31. The van der Waals surface area contributed by atoms with E-state index in [4.69, 9.17) is 31.9 Å². The van der Waals surface area contributed by atoms with Gasteiger partial charge in [0, 0.05) is 17.1 Å². The molecule has 1 aromatic carbocycles. The van der Waals surface area contributed by atoms with Crippen LogP contribution in [-0.4, -0.2) is 24.4 Å². The van der Waals surface area contributed by atoms with Crippen LogP contribution in [0.2, 0.25) is 5.02 Å². The van der Waals surface area contributed by atoms with Crippen LogP contribution < -0.4 is 10.5 Å². The lowest BCUT2D eigenvalue weighted by atomic mass is 9.97. The summed E-state index contributed by atoms with van der Waals surface area (Å²) in [5, 5.41) is 9.42. The minimum absolute atomic E-state index is 0.00958. The van der Waals surface area contributed by atoms with Gasteiger partial charge in [0.1, 0.15) is 5.75 Å². The minimum atomic E-state index is -0.999. The van der Waals surface area contributed by atoms with E-state index in [-0.39, 0.29) is 13.3 Å². The van der Waals surface area contributed by atoms with Gasteiger partial charge in [0.2, 0.25) is 0 Å². The first kappa shape index (κ1) is 12.2. The maximum atomic E-state index is 11.0. The lowest BCUT2D eigenvalue weighted by Gasteiger charge is -2.21. The van der Waals surface area contributed by atoms with Crippen molar-refractivity contribution in [2.45, 2.75) is 12.5 Å². The molecule has 0 aliphatic carbocycles. The van der Waals surface area contributed by atoms with Crippen LogP contribution >= 0.6 is 11.6 Å². The Morgan fingerprint density at radius 1 is 1.59 bits per heavy atom. The fourth-order valence-electron chi connectivity index (χ4n) is 1.74. The van der Waals surface area contributed by atoms with Gasteiger partial charge in [0.05, 0.1) is 12.5 Å². The van der Waals surface area contributed by atoms with Crippen molar-refractivity contribution in [3.63, 3.8) is 0 Å². The molecule has 92 valence electrons. The van der Waals surface area contributed by atoms with Crippen LogP contribution in [0.5, 0.6) is 5.75 Å². The molecule has 0 amide bonds. The highest BCUT2D eigenvalue weighted by Gasteiger charge is 2.23. The molecule has 5 nitrogen and oxygen atoms in total. The van der Waals surface area contributed by atoms with Gasteiger partial charge in [-0.25, -0.2) is 0 Å². The smallest absolute Gasteiger partial charge is 0.312 e. The number of carboxylic acids is 1. The summed E-state index contributed by atoms with van der Waals surface area (Å²) in [5.41, 5.74) is 6.73. The minimum Gasteiger partial charge on any atom is -0.481 e. The van der Waals surface area contributed by atoms with Crippen molar-refractivity contribution in [1.82, 2.24) is 0 Å². The Hall–Kier alpha value is -1.30. The number of benzene rings is 1. The molecule has 0 radical (unpaired) electrons. The van der Waals surface area contributed by atoms with Gasteiger partial charge in [-0.05, 0) is 17.7 Å². The monoisotopic (exact) mass is 257 g/mol. The Labute approximate surface area is 103 Å². The fraction of sp³-hybridized carbons (Fsp3) is 0.364. The van der Waals surface area contributed by atoms with Gasteiger partial charge in [0.25, 0.3) is 0 Å². The van der Waals surface area contributed by atoms with E-state index >= 15 is 0 Å². The van der Waals surface area contributed by atoms with Crippen molar-refractivity contribution in [1.29, 1.82) is 0 Å². The second kappa shape index (κ2) is 4.91. The van der Waals surface area contributed by atoms with Gasteiger partial charge in [-0.1, -0.05) is 11.6 Å². The summed E-state index contributed by atoms with van der Waals surface area (Å²) in [6.45, 7) is 0.564.